The van der Waals surface area contributed by atoms with E-state index in [4.69, 9.17) is 0 Å². The Morgan fingerprint density at radius 3 is 2.64 bits per heavy atom. The molecule has 80 valence electrons. The summed E-state index contributed by atoms with van der Waals surface area (Å²) in [6.07, 6.45) is 12.6. The second-order valence-electron chi connectivity index (χ2n) is 4.21. The van der Waals surface area contributed by atoms with Crippen LogP contribution in [0.3, 0.4) is 0 Å². The molecule has 0 aromatic carbocycles. The third kappa shape index (κ3) is 4.08. The summed E-state index contributed by atoms with van der Waals surface area (Å²) in [5.41, 5.74) is 1.12. The molecular formula is C13H22O. The number of rotatable bonds is 5. The van der Waals surface area contributed by atoms with E-state index in [0.29, 0.717) is 5.78 Å². The van der Waals surface area contributed by atoms with Crippen molar-refractivity contribution in [1.29, 1.82) is 0 Å². The molecule has 0 unspecified atom stereocenters. The Bertz CT molecular complexity index is 203. The summed E-state index contributed by atoms with van der Waals surface area (Å²) in [4.78, 5) is 11.4. The van der Waals surface area contributed by atoms with Gasteiger partial charge in [-0.25, -0.2) is 0 Å². The van der Waals surface area contributed by atoms with Crippen molar-refractivity contribution in [1.82, 2.24) is 0 Å². The molecule has 1 saturated carbocycles. The van der Waals surface area contributed by atoms with Crippen LogP contribution in [0.4, 0.5) is 0 Å². The van der Waals surface area contributed by atoms with E-state index < -0.39 is 0 Å². The molecule has 0 N–H and O–H groups in total. The molecule has 14 heavy (non-hydrogen) atoms. The normalized spacial score (nSPS) is 20.4. The molecule has 0 aliphatic heterocycles. The van der Waals surface area contributed by atoms with Gasteiger partial charge in [0.25, 0.3) is 0 Å². The number of Topliss-reactive ketones (excluding diaryl/α,β-unsaturated/α-hetero) is 1. The van der Waals surface area contributed by atoms with Gasteiger partial charge in [0, 0.05) is 6.42 Å². The number of unbranched alkanes of at least 4 members (excludes halogenated alkanes) is 4. The molecule has 0 amide bonds. The third-order valence-corrected chi connectivity index (χ3v) is 2.91. The summed E-state index contributed by atoms with van der Waals surface area (Å²) in [7, 11) is 0. The quantitative estimate of drug-likeness (QED) is 0.477. The van der Waals surface area contributed by atoms with Gasteiger partial charge in [0.2, 0.25) is 0 Å². The van der Waals surface area contributed by atoms with Crippen LogP contribution < -0.4 is 0 Å². The third-order valence-electron chi connectivity index (χ3n) is 2.91. The minimum absolute atomic E-state index is 0.409. The second-order valence-corrected chi connectivity index (χ2v) is 4.21. The minimum atomic E-state index is 0.409. The van der Waals surface area contributed by atoms with E-state index in [1.165, 1.54) is 32.1 Å². The lowest BCUT2D eigenvalue weighted by Gasteiger charge is -2.12. The summed E-state index contributed by atoms with van der Waals surface area (Å²) >= 11 is 0. The zero-order valence-corrected chi connectivity index (χ0v) is 9.35. The lowest BCUT2D eigenvalue weighted by molar-refractivity contribution is -0.116. The number of carbonyl (C=O) groups is 1. The van der Waals surface area contributed by atoms with Crippen molar-refractivity contribution >= 4 is 5.78 Å². The Kier molecular flexibility index (Phi) is 5.58. The first-order chi connectivity index (χ1) is 6.84. The van der Waals surface area contributed by atoms with E-state index in [9.17, 15) is 4.79 Å². The van der Waals surface area contributed by atoms with Crippen molar-refractivity contribution < 1.29 is 4.79 Å². The standard InChI is InChI=1S/C13H22O/c1-2-3-4-5-6-9-12-10-7-8-11-13(12)14/h9H,2-8,10-11H2,1H3/b12-9+. The van der Waals surface area contributed by atoms with Crippen LogP contribution in [-0.4, -0.2) is 5.78 Å². The van der Waals surface area contributed by atoms with Crippen LogP contribution in [0.15, 0.2) is 11.6 Å². The molecule has 1 aliphatic carbocycles. The molecule has 0 atom stereocenters. The van der Waals surface area contributed by atoms with Gasteiger partial charge in [-0.1, -0.05) is 32.3 Å². The largest absolute Gasteiger partial charge is 0.295 e. The van der Waals surface area contributed by atoms with E-state index >= 15 is 0 Å². The predicted molar refractivity (Wildman–Crippen MR) is 60.3 cm³/mol. The molecule has 0 bridgehead atoms. The van der Waals surface area contributed by atoms with Crippen molar-refractivity contribution in [2.45, 2.75) is 64.7 Å². The number of carbonyl (C=O) groups excluding carboxylic acids is 1. The molecule has 0 aromatic rings. The SMILES string of the molecule is CCCCCC/C=C1\CCCCC1=O. The van der Waals surface area contributed by atoms with Gasteiger partial charge in [0.15, 0.2) is 5.78 Å². The molecule has 0 saturated heterocycles. The van der Waals surface area contributed by atoms with Crippen molar-refractivity contribution in [3.63, 3.8) is 0 Å². The number of ketones is 1. The average Bonchev–Trinajstić information content (AvgIpc) is 2.20. The van der Waals surface area contributed by atoms with Gasteiger partial charge in [0.1, 0.15) is 0 Å². The summed E-state index contributed by atoms with van der Waals surface area (Å²) in [6.45, 7) is 2.23. The molecule has 1 rings (SSSR count). The van der Waals surface area contributed by atoms with Gasteiger partial charge in [0.05, 0.1) is 0 Å². The predicted octanol–water partition coefficient (Wildman–Crippen LogP) is 4.03. The van der Waals surface area contributed by atoms with Gasteiger partial charge in [-0.05, 0) is 37.7 Å². The molecule has 1 nitrogen and oxygen atoms in total. The van der Waals surface area contributed by atoms with E-state index in [0.717, 1.165) is 31.3 Å². The molecule has 0 spiro atoms. The highest BCUT2D eigenvalue weighted by molar-refractivity contribution is 5.95. The first kappa shape index (κ1) is 11.5. The summed E-state index contributed by atoms with van der Waals surface area (Å²) in [5, 5.41) is 0. The molecule has 1 heteroatoms. The van der Waals surface area contributed by atoms with Crippen LogP contribution in [0, 0.1) is 0 Å². The molecule has 0 radical (unpaired) electrons. The van der Waals surface area contributed by atoms with Crippen LogP contribution in [0.2, 0.25) is 0 Å². The maximum atomic E-state index is 11.4. The van der Waals surface area contributed by atoms with Gasteiger partial charge in [-0.15, -0.1) is 0 Å². The average molecular weight is 194 g/mol. The highest BCUT2D eigenvalue weighted by Crippen LogP contribution is 2.20. The fourth-order valence-electron chi connectivity index (χ4n) is 1.96. The molecule has 0 heterocycles. The van der Waals surface area contributed by atoms with E-state index in [-0.39, 0.29) is 0 Å². The molecule has 0 aromatic heterocycles. The summed E-state index contributed by atoms with van der Waals surface area (Å²) in [5.74, 6) is 0.409. The maximum absolute atomic E-state index is 11.4. The van der Waals surface area contributed by atoms with Crippen LogP contribution in [0.5, 0.6) is 0 Å². The van der Waals surface area contributed by atoms with Gasteiger partial charge in [-0.2, -0.15) is 0 Å². The fraction of sp³-hybridized carbons (Fsp3) is 0.769. The van der Waals surface area contributed by atoms with Crippen LogP contribution >= 0.6 is 0 Å². The van der Waals surface area contributed by atoms with E-state index in [2.05, 4.69) is 13.0 Å². The first-order valence-electron chi connectivity index (χ1n) is 6.07. The number of hydrogen-bond donors (Lipinski definition) is 0. The molecule has 1 aliphatic rings. The zero-order valence-electron chi connectivity index (χ0n) is 9.35. The van der Waals surface area contributed by atoms with Crippen molar-refractivity contribution in [3.8, 4) is 0 Å². The number of allylic oxidation sites excluding steroid dienone is 2. The highest BCUT2D eigenvalue weighted by Gasteiger charge is 2.13. The first-order valence-corrected chi connectivity index (χ1v) is 6.07. The van der Waals surface area contributed by atoms with Crippen LogP contribution in [0.25, 0.3) is 0 Å². The lowest BCUT2D eigenvalue weighted by Crippen LogP contribution is -2.08. The fourth-order valence-corrected chi connectivity index (χ4v) is 1.96. The smallest absolute Gasteiger partial charge is 0.158 e. The lowest BCUT2D eigenvalue weighted by atomic mass is 9.92. The Labute approximate surface area is 87.6 Å². The van der Waals surface area contributed by atoms with Crippen LogP contribution in [-0.2, 0) is 4.79 Å². The number of hydrogen-bond acceptors (Lipinski definition) is 1. The van der Waals surface area contributed by atoms with Crippen molar-refractivity contribution in [2.24, 2.45) is 0 Å². The Hall–Kier alpha value is -0.590. The minimum Gasteiger partial charge on any atom is -0.295 e. The maximum Gasteiger partial charge on any atom is 0.158 e. The monoisotopic (exact) mass is 194 g/mol. The van der Waals surface area contributed by atoms with Gasteiger partial charge >= 0.3 is 0 Å². The van der Waals surface area contributed by atoms with Crippen molar-refractivity contribution in [2.75, 3.05) is 0 Å². The van der Waals surface area contributed by atoms with Gasteiger partial charge in [-0.3, -0.25) is 4.79 Å². The summed E-state index contributed by atoms with van der Waals surface area (Å²) < 4.78 is 0. The van der Waals surface area contributed by atoms with Gasteiger partial charge < -0.3 is 0 Å². The van der Waals surface area contributed by atoms with E-state index in [1.54, 1.807) is 0 Å². The summed E-state index contributed by atoms with van der Waals surface area (Å²) in [6, 6.07) is 0. The Morgan fingerprint density at radius 2 is 1.93 bits per heavy atom. The van der Waals surface area contributed by atoms with E-state index in [1.807, 2.05) is 0 Å². The zero-order chi connectivity index (χ0) is 10.2. The Morgan fingerprint density at radius 1 is 1.14 bits per heavy atom. The second kappa shape index (κ2) is 6.80. The molecule has 1 fully saturated rings. The van der Waals surface area contributed by atoms with Crippen LogP contribution in [0.1, 0.15) is 64.7 Å². The topological polar surface area (TPSA) is 17.1 Å². The Balaban J connectivity index is 2.18. The molecular weight excluding hydrogens is 172 g/mol. The van der Waals surface area contributed by atoms with Crippen molar-refractivity contribution in [3.05, 3.63) is 11.6 Å². The highest BCUT2D eigenvalue weighted by atomic mass is 16.1.